The van der Waals surface area contributed by atoms with Crippen LogP contribution in [0.5, 0.6) is 0 Å². The molecule has 156 valence electrons. The molecule has 1 aliphatic carbocycles. The number of thiophene rings is 1. The second-order valence-corrected chi connectivity index (χ2v) is 10.5. The van der Waals surface area contributed by atoms with Crippen LogP contribution in [-0.4, -0.2) is 45.5 Å². The highest BCUT2D eigenvalue weighted by molar-refractivity contribution is 7.93. The standard InChI is InChI=1S/C21H26N2O4S2/c1-14-7-8-16(13-15(14)2)29(25,26)22-20-19(17-5-3-4-6-18(17)28-20)21(24)23-9-11-27-12-10-23/h7-8,13,22H,3-6,9-12H2,1-2H3. The summed E-state index contributed by atoms with van der Waals surface area (Å²) in [6.45, 7) is 5.94. The van der Waals surface area contributed by atoms with Crippen molar-refractivity contribution in [2.24, 2.45) is 0 Å². The number of hydrogen-bond acceptors (Lipinski definition) is 5. The molecule has 0 spiro atoms. The summed E-state index contributed by atoms with van der Waals surface area (Å²) >= 11 is 1.41. The van der Waals surface area contributed by atoms with Crippen LogP contribution >= 0.6 is 11.3 Å². The van der Waals surface area contributed by atoms with Crippen LogP contribution in [-0.2, 0) is 27.6 Å². The van der Waals surface area contributed by atoms with E-state index < -0.39 is 10.0 Å². The Kier molecular flexibility index (Phi) is 5.68. The summed E-state index contributed by atoms with van der Waals surface area (Å²) in [4.78, 5) is 16.4. The van der Waals surface area contributed by atoms with Crippen LogP contribution in [0.3, 0.4) is 0 Å². The van der Waals surface area contributed by atoms with E-state index in [-0.39, 0.29) is 10.8 Å². The normalized spacial score (nSPS) is 17.1. The lowest BCUT2D eigenvalue weighted by atomic mass is 9.95. The molecule has 1 N–H and O–H groups in total. The van der Waals surface area contributed by atoms with Gasteiger partial charge in [0.1, 0.15) is 5.00 Å². The molecule has 4 rings (SSSR count). The summed E-state index contributed by atoms with van der Waals surface area (Å²) in [5.74, 6) is -0.0921. The third-order valence-electron chi connectivity index (χ3n) is 5.70. The number of anilines is 1. The summed E-state index contributed by atoms with van der Waals surface area (Å²) in [5.41, 5.74) is 3.52. The van der Waals surface area contributed by atoms with E-state index in [0.29, 0.717) is 36.9 Å². The zero-order chi connectivity index (χ0) is 20.6. The fourth-order valence-electron chi connectivity index (χ4n) is 3.85. The fraction of sp³-hybridized carbons (Fsp3) is 0.476. The molecular weight excluding hydrogens is 408 g/mol. The minimum absolute atomic E-state index is 0.0921. The van der Waals surface area contributed by atoms with Gasteiger partial charge in [0.25, 0.3) is 15.9 Å². The van der Waals surface area contributed by atoms with E-state index in [1.807, 2.05) is 19.9 Å². The quantitative estimate of drug-likeness (QED) is 0.799. The van der Waals surface area contributed by atoms with E-state index in [0.717, 1.165) is 47.3 Å². The number of aryl methyl sites for hydroxylation is 3. The van der Waals surface area contributed by atoms with E-state index in [1.165, 1.54) is 11.3 Å². The highest BCUT2D eigenvalue weighted by Gasteiger charge is 2.31. The van der Waals surface area contributed by atoms with Crippen molar-refractivity contribution in [3.63, 3.8) is 0 Å². The van der Waals surface area contributed by atoms with Crippen molar-refractivity contribution >= 4 is 32.3 Å². The first-order chi connectivity index (χ1) is 13.9. The van der Waals surface area contributed by atoms with E-state index in [2.05, 4.69) is 4.72 Å². The molecule has 1 aromatic heterocycles. The number of morpholine rings is 1. The number of fused-ring (bicyclic) bond motifs is 1. The first-order valence-corrected chi connectivity index (χ1v) is 12.3. The molecule has 1 amide bonds. The number of carbonyl (C=O) groups excluding carboxylic acids is 1. The van der Waals surface area contributed by atoms with Gasteiger partial charge in [0.15, 0.2) is 0 Å². The second kappa shape index (κ2) is 8.08. The molecule has 0 unspecified atom stereocenters. The van der Waals surface area contributed by atoms with Gasteiger partial charge in [-0.2, -0.15) is 0 Å². The Balaban J connectivity index is 1.72. The zero-order valence-electron chi connectivity index (χ0n) is 16.8. The Morgan fingerprint density at radius 1 is 1.10 bits per heavy atom. The van der Waals surface area contributed by atoms with Crippen molar-refractivity contribution in [1.29, 1.82) is 0 Å². The van der Waals surface area contributed by atoms with Crippen molar-refractivity contribution < 1.29 is 17.9 Å². The lowest BCUT2D eigenvalue weighted by Crippen LogP contribution is -2.41. The molecule has 2 heterocycles. The van der Waals surface area contributed by atoms with Crippen LogP contribution < -0.4 is 4.72 Å². The van der Waals surface area contributed by atoms with Crippen molar-refractivity contribution in [2.45, 2.75) is 44.4 Å². The number of hydrogen-bond donors (Lipinski definition) is 1. The monoisotopic (exact) mass is 434 g/mol. The Morgan fingerprint density at radius 3 is 2.55 bits per heavy atom. The van der Waals surface area contributed by atoms with Crippen molar-refractivity contribution in [2.75, 3.05) is 31.0 Å². The van der Waals surface area contributed by atoms with Crippen LogP contribution in [0.4, 0.5) is 5.00 Å². The first-order valence-electron chi connectivity index (χ1n) is 9.98. The number of amides is 1. The zero-order valence-corrected chi connectivity index (χ0v) is 18.4. The van der Waals surface area contributed by atoms with Gasteiger partial charge < -0.3 is 9.64 Å². The average molecular weight is 435 g/mol. The van der Waals surface area contributed by atoms with E-state index in [1.54, 1.807) is 17.0 Å². The molecule has 1 fully saturated rings. The summed E-state index contributed by atoms with van der Waals surface area (Å²) in [5, 5.41) is 0.451. The molecule has 1 aromatic carbocycles. The van der Waals surface area contributed by atoms with E-state index in [4.69, 9.17) is 4.74 Å². The van der Waals surface area contributed by atoms with Gasteiger partial charge in [-0.3, -0.25) is 9.52 Å². The van der Waals surface area contributed by atoms with Gasteiger partial charge in [0.05, 0.1) is 23.7 Å². The molecule has 0 radical (unpaired) electrons. The number of benzene rings is 1. The lowest BCUT2D eigenvalue weighted by Gasteiger charge is -2.27. The molecule has 1 saturated heterocycles. The molecule has 6 nitrogen and oxygen atoms in total. The van der Waals surface area contributed by atoms with Crippen molar-refractivity contribution in [3.8, 4) is 0 Å². The minimum Gasteiger partial charge on any atom is -0.378 e. The maximum absolute atomic E-state index is 13.3. The third-order valence-corrected chi connectivity index (χ3v) is 8.38. The average Bonchev–Trinajstić information content (AvgIpc) is 3.07. The molecule has 8 heteroatoms. The van der Waals surface area contributed by atoms with Gasteiger partial charge in [-0.05, 0) is 68.4 Å². The summed E-state index contributed by atoms with van der Waals surface area (Å²) in [7, 11) is -3.77. The van der Waals surface area contributed by atoms with E-state index >= 15 is 0 Å². The van der Waals surface area contributed by atoms with Crippen LogP contribution in [0.25, 0.3) is 0 Å². The van der Waals surface area contributed by atoms with Crippen LogP contribution in [0.1, 0.15) is 44.8 Å². The third kappa shape index (κ3) is 4.06. The fourth-order valence-corrected chi connectivity index (χ4v) is 6.52. The van der Waals surface area contributed by atoms with E-state index in [9.17, 15) is 13.2 Å². The largest absolute Gasteiger partial charge is 0.378 e. The number of carbonyl (C=O) groups is 1. The molecule has 29 heavy (non-hydrogen) atoms. The Hall–Kier alpha value is -1.90. The maximum atomic E-state index is 13.3. The predicted octanol–water partition coefficient (Wildman–Crippen LogP) is 3.52. The molecule has 0 saturated carbocycles. The van der Waals surface area contributed by atoms with Crippen molar-refractivity contribution in [1.82, 2.24) is 4.90 Å². The Labute approximate surface area is 175 Å². The van der Waals surface area contributed by atoms with Gasteiger partial charge in [0.2, 0.25) is 0 Å². The summed E-state index contributed by atoms with van der Waals surface area (Å²) in [6, 6.07) is 5.10. The van der Waals surface area contributed by atoms with Crippen LogP contribution in [0.15, 0.2) is 23.1 Å². The number of ether oxygens (including phenoxy) is 1. The van der Waals surface area contributed by atoms with Gasteiger partial charge in [-0.25, -0.2) is 8.42 Å². The molecular formula is C21H26N2O4S2. The van der Waals surface area contributed by atoms with Crippen molar-refractivity contribution in [3.05, 3.63) is 45.3 Å². The first kappa shape index (κ1) is 20.4. The van der Waals surface area contributed by atoms with Gasteiger partial charge in [-0.1, -0.05) is 6.07 Å². The van der Waals surface area contributed by atoms with Crippen LogP contribution in [0, 0.1) is 13.8 Å². The molecule has 1 aliphatic heterocycles. The summed E-state index contributed by atoms with van der Waals surface area (Å²) in [6.07, 6.45) is 3.82. The lowest BCUT2D eigenvalue weighted by molar-refractivity contribution is 0.0303. The molecule has 0 atom stereocenters. The smallest absolute Gasteiger partial charge is 0.262 e. The minimum atomic E-state index is -3.77. The number of sulfonamides is 1. The molecule has 2 aromatic rings. The number of nitrogens with one attached hydrogen (secondary N) is 1. The van der Waals surface area contributed by atoms with Gasteiger partial charge >= 0.3 is 0 Å². The Morgan fingerprint density at radius 2 is 1.83 bits per heavy atom. The van der Waals surface area contributed by atoms with Gasteiger partial charge in [0, 0.05) is 18.0 Å². The maximum Gasteiger partial charge on any atom is 0.262 e. The van der Waals surface area contributed by atoms with Gasteiger partial charge in [-0.15, -0.1) is 11.3 Å². The van der Waals surface area contributed by atoms with Crippen LogP contribution in [0.2, 0.25) is 0 Å². The number of rotatable bonds is 4. The topological polar surface area (TPSA) is 75.7 Å². The molecule has 2 aliphatic rings. The predicted molar refractivity (Wildman–Crippen MR) is 114 cm³/mol. The highest BCUT2D eigenvalue weighted by atomic mass is 32.2. The number of nitrogens with zero attached hydrogens (tertiary/aromatic N) is 1. The SMILES string of the molecule is Cc1ccc(S(=O)(=O)Nc2sc3c(c2C(=O)N2CCOCC2)CCCC3)cc1C. The summed E-state index contributed by atoms with van der Waals surface area (Å²) < 4.78 is 34.3. The second-order valence-electron chi connectivity index (χ2n) is 7.67. The molecule has 0 bridgehead atoms. The Bertz CT molecular complexity index is 1040. The highest BCUT2D eigenvalue weighted by Crippen LogP contribution is 2.40.